The van der Waals surface area contributed by atoms with Crippen molar-refractivity contribution in [2.75, 3.05) is 16.8 Å². The van der Waals surface area contributed by atoms with Gasteiger partial charge in [0.25, 0.3) is 11.8 Å². The highest BCUT2D eigenvalue weighted by atomic mass is 35.5. The Kier molecular flexibility index (Phi) is 4.52. The summed E-state index contributed by atoms with van der Waals surface area (Å²) in [5, 5.41) is 11.7. The van der Waals surface area contributed by atoms with Crippen LogP contribution in [0.2, 0.25) is 5.02 Å². The molecule has 0 radical (unpaired) electrons. The summed E-state index contributed by atoms with van der Waals surface area (Å²) in [4.78, 5) is 38.7. The molecule has 2 atom stereocenters. The summed E-state index contributed by atoms with van der Waals surface area (Å²) >= 11 is 5.94. The summed E-state index contributed by atoms with van der Waals surface area (Å²) in [6.45, 7) is -0.316. The molecule has 2 heterocycles. The van der Waals surface area contributed by atoms with Gasteiger partial charge in [-0.25, -0.2) is 9.29 Å². The van der Waals surface area contributed by atoms with E-state index < -0.39 is 35.6 Å². The molecule has 2 aliphatic rings. The zero-order valence-electron chi connectivity index (χ0n) is 14.3. The molecule has 1 N–H and O–H groups in total. The molecule has 4 rings (SSSR count). The fraction of sp³-hybridized carbons (Fsp3) is 0.167. The molecule has 1 saturated heterocycles. The van der Waals surface area contributed by atoms with Crippen LogP contribution >= 0.6 is 11.6 Å². The topological polar surface area (TPSA) is 94.4 Å². The van der Waals surface area contributed by atoms with Crippen molar-refractivity contribution in [1.29, 1.82) is 0 Å². The molecule has 2 aromatic carbocycles. The van der Waals surface area contributed by atoms with E-state index in [0.29, 0.717) is 10.7 Å². The van der Waals surface area contributed by atoms with Gasteiger partial charge in [0.2, 0.25) is 5.91 Å². The molecule has 8 nitrogen and oxygen atoms in total. The lowest BCUT2D eigenvalue weighted by atomic mass is 10.1. The SMILES string of the molecule is O=C(CN1N=N[C@H]2C(=O)N(c3cccc(Cl)c3)C(=O)[C@H]21)Nc1cccc(F)c1. The minimum absolute atomic E-state index is 0.270. The maximum atomic E-state index is 13.2. The van der Waals surface area contributed by atoms with Crippen molar-refractivity contribution in [3.8, 4) is 0 Å². The van der Waals surface area contributed by atoms with E-state index in [4.69, 9.17) is 11.6 Å². The summed E-state index contributed by atoms with van der Waals surface area (Å²) in [6, 6.07) is 9.70. The quantitative estimate of drug-likeness (QED) is 0.796. The van der Waals surface area contributed by atoms with Crippen LogP contribution in [0.15, 0.2) is 58.9 Å². The number of nitrogens with zero attached hydrogens (tertiary/aromatic N) is 4. The van der Waals surface area contributed by atoms with E-state index >= 15 is 0 Å². The molecular formula is C18H13ClFN5O3. The second kappa shape index (κ2) is 7.01. The number of anilines is 2. The van der Waals surface area contributed by atoms with Crippen LogP contribution in [0, 0.1) is 5.82 Å². The Labute approximate surface area is 163 Å². The average molecular weight is 402 g/mol. The lowest BCUT2D eigenvalue weighted by Gasteiger charge is -2.20. The van der Waals surface area contributed by atoms with Gasteiger partial charge in [0.15, 0.2) is 12.1 Å². The summed E-state index contributed by atoms with van der Waals surface area (Å²) < 4.78 is 13.2. The fourth-order valence-corrected chi connectivity index (χ4v) is 3.32. The zero-order chi connectivity index (χ0) is 19.8. The minimum atomic E-state index is -1.02. The van der Waals surface area contributed by atoms with Crippen LogP contribution in [0.5, 0.6) is 0 Å². The lowest BCUT2D eigenvalue weighted by Crippen LogP contribution is -2.43. The second-order valence-electron chi connectivity index (χ2n) is 6.24. The van der Waals surface area contributed by atoms with Gasteiger partial charge in [0.05, 0.1) is 5.69 Å². The van der Waals surface area contributed by atoms with Crippen LogP contribution in [-0.2, 0) is 14.4 Å². The van der Waals surface area contributed by atoms with E-state index in [1.165, 1.54) is 24.3 Å². The predicted molar refractivity (Wildman–Crippen MR) is 98.1 cm³/mol. The van der Waals surface area contributed by atoms with E-state index in [1.54, 1.807) is 18.2 Å². The Morgan fingerprint density at radius 2 is 1.93 bits per heavy atom. The highest BCUT2D eigenvalue weighted by Crippen LogP contribution is 2.32. The van der Waals surface area contributed by atoms with Crippen LogP contribution in [0.1, 0.15) is 0 Å². The van der Waals surface area contributed by atoms with Crippen molar-refractivity contribution >= 4 is 40.7 Å². The van der Waals surface area contributed by atoms with Crippen molar-refractivity contribution < 1.29 is 18.8 Å². The Balaban J connectivity index is 1.49. The number of halogens is 2. The molecule has 0 aromatic heterocycles. The molecule has 2 aliphatic heterocycles. The molecule has 28 heavy (non-hydrogen) atoms. The third-order valence-electron chi connectivity index (χ3n) is 4.34. The molecule has 0 aliphatic carbocycles. The predicted octanol–water partition coefficient (Wildman–Crippen LogP) is 2.41. The third kappa shape index (κ3) is 3.20. The van der Waals surface area contributed by atoms with Crippen LogP contribution in [0.25, 0.3) is 0 Å². The summed E-state index contributed by atoms with van der Waals surface area (Å²) in [7, 11) is 0. The normalized spacial score (nSPS) is 20.6. The lowest BCUT2D eigenvalue weighted by molar-refractivity contribution is -0.123. The molecule has 0 bridgehead atoms. The number of carbonyl (C=O) groups is 3. The average Bonchev–Trinajstić information content (AvgIpc) is 3.15. The van der Waals surface area contributed by atoms with Gasteiger partial charge in [0.1, 0.15) is 12.4 Å². The second-order valence-corrected chi connectivity index (χ2v) is 6.68. The molecule has 10 heteroatoms. The van der Waals surface area contributed by atoms with Gasteiger partial charge in [-0.1, -0.05) is 29.0 Å². The van der Waals surface area contributed by atoms with Crippen LogP contribution in [0.3, 0.4) is 0 Å². The van der Waals surface area contributed by atoms with E-state index in [9.17, 15) is 18.8 Å². The number of carbonyl (C=O) groups excluding carboxylic acids is 3. The van der Waals surface area contributed by atoms with Gasteiger partial charge in [-0.05, 0) is 36.4 Å². The van der Waals surface area contributed by atoms with Gasteiger partial charge in [0, 0.05) is 10.7 Å². The number of amides is 3. The molecular weight excluding hydrogens is 389 g/mol. The Hall–Kier alpha value is -3.33. The van der Waals surface area contributed by atoms with Crippen molar-refractivity contribution in [3.05, 3.63) is 59.4 Å². The van der Waals surface area contributed by atoms with E-state index in [1.807, 2.05) is 0 Å². The molecule has 142 valence electrons. The van der Waals surface area contributed by atoms with Crippen LogP contribution < -0.4 is 10.2 Å². The number of hydrogen-bond acceptors (Lipinski definition) is 6. The monoisotopic (exact) mass is 401 g/mol. The smallest absolute Gasteiger partial charge is 0.263 e. The number of benzene rings is 2. The fourth-order valence-electron chi connectivity index (χ4n) is 3.14. The highest BCUT2D eigenvalue weighted by Gasteiger charge is 2.55. The number of nitrogens with one attached hydrogen (secondary N) is 1. The minimum Gasteiger partial charge on any atom is -0.324 e. The largest absolute Gasteiger partial charge is 0.324 e. The van der Waals surface area contributed by atoms with Gasteiger partial charge in [-0.2, -0.15) is 5.11 Å². The van der Waals surface area contributed by atoms with Gasteiger partial charge in [-0.15, -0.1) is 0 Å². The van der Waals surface area contributed by atoms with Crippen molar-refractivity contribution in [2.45, 2.75) is 12.1 Å². The van der Waals surface area contributed by atoms with Gasteiger partial charge >= 0.3 is 0 Å². The zero-order valence-corrected chi connectivity index (χ0v) is 15.0. The van der Waals surface area contributed by atoms with Crippen molar-refractivity contribution in [3.63, 3.8) is 0 Å². The Bertz CT molecular complexity index is 1010. The van der Waals surface area contributed by atoms with Crippen molar-refractivity contribution in [1.82, 2.24) is 5.01 Å². The first-order valence-electron chi connectivity index (χ1n) is 8.30. The maximum Gasteiger partial charge on any atom is 0.263 e. The first kappa shape index (κ1) is 18.1. The van der Waals surface area contributed by atoms with E-state index in [0.717, 1.165) is 16.0 Å². The third-order valence-corrected chi connectivity index (χ3v) is 4.57. The first-order chi connectivity index (χ1) is 13.4. The number of imide groups is 1. The maximum absolute atomic E-state index is 13.2. The van der Waals surface area contributed by atoms with Gasteiger partial charge in [-0.3, -0.25) is 19.4 Å². The Morgan fingerprint density at radius 3 is 2.68 bits per heavy atom. The number of hydrogen-bond donors (Lipinski definition) is 1. The van der Waals surface area contributed by atoms with Crippen molar-refractivity contribution in [2.24, 2.45) is 10.3 Å². The Morgan fingerprint density at radius 1 is 1.14 bits per heavy atom. The standard InChI is InChI=1S/C18H13ClFN5O3/c19-10-3-1-6-13(7-10)25-17(27)15-16(18(25)28)24(23-22-15)9-14(26)21-12-5-2-4-11(20)8-12/h1-8,15-16H,9H2,(H,21,26)/t15-,16+/m1/s1. The molecule has 3 amide bonds. The molecule has 0 saturated carbocycles. The summed E-state index contributed by atoms with van der Waals surface area (Å²) in [5.74, 6) is -2.09. The van der Waals surface area contributed by atoms with Crippen LogP contribution in [-0.4, -0.2) is 41.4 Å². The molecule has 0 spiro atoms. The summed E-state index contributed by atoms with van der Waals surface area (Å²) in [6.07, 6.45) is 0. The number of fused-ring (bicyclic) bond motifs is 1. The highest BCUT2D eigenvalue weighted by molar-refractivity contribution is 6.31. The first-order valence-corrected chi connectivity index (χ1v) is 8.68. The van der Waals surface area contributed by atoms with Gasteiger partial charge < -0.3 is 5.32 Å². The number of rotatable bonds is 4. The van der Waals surface area contributed by atoms with Crippen LogP contribution in [0.4, 0.5) is 15.8 Å². The summed E-state index contributed by atoms with van der Waals surface area (Å²) in [5.41, 5.74) is 0.600. The molecule has 0 unspecified atom stereocenters. The van der Waals surface area contributed by atoms with E-state index in [-0.39, 0.29) is 12.2 Å². The molecule has 1 fully saturated rings. The molecule has 2 aromatic rings. The van der Waals surface area contributed by atoms with E-state index in [2.05, 4.69) is 15.7 Å².